The van der Waals surface area contributed by atoms with Crippen LogP contribution < -0.4 is 5.32 Å². The Morgan fingerprint density at radius 1 is 1.25 bits per heavy atom. The molecule has 0 spiro atoms. The molecule has 2 aliphatic rings. The van der Waals surface area contributed by atoms with Crippen LogP contribution in [0.25, 0.3) is 0 Å². The number of rotatable bonds is 4. The van der Waals surface area contributed by atoms with Crippen molar-refractivity contribution in [1.29, 1.82) is 0 Å². The van der Waals surface area contributed by atoms with Crippen LogP contribution >= 0.6 is 0 Å². The molecular weight excluding hydrogens is 202 g/mol. The zero-order valence-electron chi connectivity index (χ0n) is 10.3. The minimum Gasteiger partial charge on any atom is -0.481 e. The third-order valence-corrected chi connectivity index (χ3v) is 4.77. The maximum absolute atomic E-state index is 10.9. The van der Waals surface area contributed by atoms with Gasteiger partial charge >= 0.3 is 5.97 Å². The molecule has 0 amide bonds. The Balaban J connectivity index is 1.84. The molecular formula is C13H23NO2. The van der Waals surface area contributed by atoms with Crippen LogP contribution in [-0.2, 0) is 4.79 Å². The molecule has 5 atom stereocenters. The molecule has 0 heterocycles. The summed E-state index contributed by atoms with van der Waals surface area (Å²) in [5.74, 6) is 0.787. The Hall–Kier alpha value is -0.570. The van der Waals surface area contributed by atoms with Gasteiger partial charge in [-0.1, -0.05) is 20.3 Å². The number of carboxylic acids is 1. The van der Waals surface area contributed by atoms with Crippen molar-refractivity contribution < 1.29 is 9.90 Å². The lowest BCUT2D eigenvalue weighted by atomic mass is 9.78. The predicted octanol–water partition coefficient (Wildman–Crippen LogP) is 2.26. The highest BCUT2D eigenvalue weighted by Gasteiger charge is 2.40. The summed E-state index contributed by atoms with van der Waals surface area (Å²) in [6.07, 6.45) is 5.68. The van der Waals surface area contributed by atoms with Crippen molar-refractivity contribution in [3.63, 3.8) is 0 Å². The lowest BCUT2D eigenvalue weighted by Crippen LogP contribution is -2.52. The fourth-order valence-corrected chi connectivity index (χ4v) is 3.33. The van der Waals surface area contributed by atoms with Crippen LogP contribution in [0.2, 0.25) is 0 Å². The molecule has 3 nitrogen and oxygen atoms in total. The van der Waals surface area contributed by atoms with Gasteiger partial charge in [0.1, 0.15) is 0 Å². The smallest absolute Gasteiger partial charge is 0.308 e. The fourth-order valence-electron chi connectivity index (χ4n) is 3.33. The third-order valence-electron chi connectivity index (χ3n) is 4.77. The largest absolute Gasteiger partial charge is 0.481 e. The van der Waals surface area contributed by atoms with E-state index in [2.05, 4.69) is 19.2 Å². The van der Waals surface area contributed by atoms with Gasteiger partial charge in [0.25, 0.3) is 0 Å². The highest BCUT2D eigenvalue weighted by Crippen LogP contribution is 2.36. The van der Waals surface area contributed by atoms with Crippen molar-refractivity contribution in [2.24, 2.45) is 17.8 Å². The van der Waals surface area contributed by atoms with E-state index in [-0.39, 0.29) is 12.0 Å². The first-order chi connectivity index (χ1) is 7.63. The van der Waals surface area contributed by atoms with E-state index in [0.29, 0.717) is 12.0 Å². The molecule has 2 fully saturated rings. The maximum atomic E-state index is 10.9. The van der Waals surface area contributed by atoms with Crippen molar-refractivity contribution in [1.82, 2.24) is 5.32 Å². The Kier molecular flexibility index (Phi) is 3.53. The molecule has 0 aromatic carbocycles. The van der Waals surface area contributed by atoms with Crippen LogP contribution in [0.3, 0.4) is 0 Å². The van der Waals surface area contributed by atoms with Crippen LogP contribution in [0.1, 0.15) is 46.0 Å². The Labute approximate surface area is 97.6 Å². The van der Waals surface area contributed by atoms with Gasteiger partial charge in [-0.3, -0.25) is 4.79 Å². The van der Waals surface area contributed by atoms with Crippen LogP contribution in [0.5, 0.6) is 0 Å². The Bertz CT molecular complexity index is 267. The SMILES string of the molecule is CCC1CCC(NC2CCC2C(=O)O)C1C. The molecule has 0 bridgehead atoms. The molecule has 92 valence electrons. The average Bonchev–Trinajstić information content (AvgIpc) is 2.53. The van der Waals surface area contributed by atoms with Gasteiger partial charge in [-0.05, 0) is 37.5 Å². The van der Waals surface area contributed by atoms with Crippen LogP contribution in [0.15, 0.2) is 0 Å². The molecule has 2 N–H and O–H groups in total. The molecule has 2 aliphatic carbocycles. The van der Waals surface area contributed by atoms with Gasteiger partial charge in [-0.15, -0.1) is 0 Å². The molecule has 0 aromatic rings. The normalized spacial score (nSPS) is 43.0. The molecule has 0 aliphatic heterocycles. The summed E-state index contributed by atoms with van der Waals surface area (Å²) in [6, 6.07) is 0.789. The highest BCUT2D eigenvalue weighted by atomic mass is 16.4. The third kappa shape index (κ3) is 2.10. The Morgan fingerprint density at radius 2 is 1.94 bits per heavy atom. The maximum Gasteiger partial charge on any atom is 0.308 e. The van der Waals surface area contributed by atoms with E-state index in [9.17, 15) is 4.79 Å². The summed E-state index contributed by atoms with van der Waals surface area (Å²) < 4.78 is 0. The van der Waals surface area contributed by atoms with Gasteiger partial charge in [-0.25, -0.2) is 0 Å². The van der Waals surface area contributed by atoms with Crippen molar-refractivity contribution in [2.45, 2.75) is 58.0 Å². The molecule has 2 rings (SSSR count). The van der Waals surface area contributed by atoms with E-state index < -0.39 is 5.97 Å². The summed E-state index contributed by atoms with van der Waals surface area (Å²) in [6.45, 7) is 4.57. The number of nitrogens with one attached hydrogen (secondary N) is 1. The summed E-state index contributed by atoms with van der Waals surface area (Å²) in [5, 5.41) is 12.6. The number of hydrogen-bond donors (Lipinski definition) is 2. The van der Waals surface area contributed by atoms with E-state index >= 15 is 0 Å². The zero-order valence-corrected chi connectivity index (χ0v) is 10.3. The number of carbonyl (C=O) groups is 1. The van der Waals surface area contributed by atoms with Crippen molar-refractivity contribution in [3.05, 3.63) is 0 Å². The number of carboxylic acid groups (broad SMARTS) is 1. The second kappa shape index (κ2) is 4.74. The molecule has 0 radical (unpaired) electrons. The molecule has 0 saturated heterocycles. The van der Waals surface area contributed by atoms with E-state index in [1.54, 1.807) is 0 Å². The van der Waals surface area contributed by atoms with E-state index in [0.717, 1.165) is 18.8 Å². The van der Waals surface area contributed by atoms with Crippen LogP contribution in [0, 0.1) is 17.8 Å². The standard InChI is InChI=1S/C13H23NO2/c1-3-9-4-6-11(8(9)2)14-12-7-5-10(12)13(15)16/h8-12,14H,3-7H2,1-2H3,(H,15,16). The summed E-state index contributed by atoms with van der Waals surface area (Å²) >= 11 is 0. The molecule has 5 unspecified atom stereocenters. The fraction of sp³-hybridized carbons (Fsp3) is 0.923. The van der Waals surface area contributed by atoms with Gasteiger partial charge in [0.15, 0.2) is 0 Å². The predicted molar refractivity (Wildman–Crippen MR) is 63.3 cm³/mol. The zero-order chi connectivity index (χ0) is 11.7. The molecule has 2 saturated carbocycles. The molecule has 16 heavy (non-hydrogen) atoms. The lowest BCUT2D eigenvalue weighted by molar-refractivity contribution is -0.146. The first kappa shape index (κ1) is 11.9. The minimum absolute atomic E-state index is 0.132. The quantitative estimate of drug-likeness (QED) is 0.771. The van der Waals surface area contributed by atoms with E-state index in [1.165, 1.54) is 19.3 Å². The first-order valence-electron chi connectivity index (χ1n) is 6.62. The summed E-state index contributed by atoms with van der Waals surface area (Å²) in [5.41, 5.74) is 0. The summed E-state index contributed by atoms with van der Waals surface area (Å²) in [7, 11) is 0. The van der Waals surface area contributed by atoms with Crippen molar-refractivity contribution in [2.75, 3.05) is 0 Å². The second-order valence-corrected chi connectivity index (χ2v) is 5.51. The number of aliphatic carboxylic acids is 1. The molecule has 3 heteroatoms. The van der Waals surface area contributed by atoms with Crippen LogP contribution in [0.4, 0.5) is 0 Å². The topological polar surface area (TPSA) is 49.3 Å². The van der Waals surface area contributed by atoms with Gasteiger partial charge in [0.2, 0.25) is 0 Å². The number of hydrogen-bond acceptors (Lipinski definition) is 2. The van der Waals surface area contributed by atoms with Gasteiger partial charge in [-0.2, -0.15) is 0 Å². The van der Waals surface area contributed by atoms with Gasteiger partial charge in [0, 0.05) is 12.1 Å². The average molecular weight is 225 g/mol. The van der Waals surface area contributed by atoms with E-state index in [4.69, 9.17) is 5.11 Å². The second-order valence-electron chi connectivity index (χ2n) is 5.51. The molecule has 0 aromatic heterocycles. The lowest BCUT2D eigenvalue weighted by Gasteiger charge is -2.37. The first-order valence-corrected chi connectivity index (χ1v) is 6.62. The van der Waals surface area contributed by atoms with E-state index in [1.807, 2.05) is 0 Å². The van der Waals surface area contributed by atoms with Gasteiger partial charge < -0.3 is 10.4 Å². The monoisotopic (exact) mass is 225 g/mol. The minimum atomic E-state index is -0.624. The van der Waals surface area contributed by atoms with Crippen molar-refractivity contribution in [3.8, 4) is 0 Å². The van der Waals surface area contributed by atoms with Crippen LogP contribution in [-0.4, -0.2) is 23.2 Å². The summed E-state index contributed by atoms with van der Waals surface area (Å²) in [4.78, 5) is 10.9. The van der Waals surface area contributed by atoms with Gasteiger partial charge in [0.05, 0.1) is 5.92 Å². The highest BCUT2D eigenvalue weighted by molar-refractivity contribution is 5.72. The van der Waals surface area contributed by atoms with Crippen molar-refractivity contribution >= 4 is 5.97 Å². The Morgan fingerprint density at radius 3 is 2.38 bits per heavy atom.